The molecule has 0 saturated carbocycles. The Morgan fingerprint density at radius 3 is 2.82 bits per heavy atom. The zero-order valence-electron chi connectivity index (χ0n) is 12.6. The van der Waals surface area contributed by atoms with Gasteiger partial charge in [-0.25, -0.2) is 4.79 Å². The molecule has 22 heavy (non-hydrogen) atoms. The molecular weight excluding hydrogens is 284 g/mol. The lowest BCUT2D eigenvalue weighted by molar-refractivity contribution is -0.157. The van der Waals surface area contributed by atoms with Crippen LogP contribution in [0.5, 0.6) is 0 Å². The Morgan fingerprint density at radius 1 is 1.41 bits per heavy atom. The zero-order valence-corrected chi connectivity index (χ0v) is 12.6. The molecule has 0 amide bonds. The van der Waals surface area contributed by atoms with Gasteiger partial charge in [-0.15, -0.1) is 6.58 Å². The molecule has 0 spiro atoms. The Labute approximate surface area is 128 Å². The van der Waals surface area contributed by atoms with Crippen LogP contribution in [0.15, 0.2) is 41.4 Å². The van der Waals surface area contributed by atoms with Crippen molar-refractivity contribution in [3.63, 3.8) is 0 Å². The predicted molar refractivity (Wildman–Crippen MR) is 79.9 cm³/mol. The fourth-order valence-electron chi connectivity index (χ4n) is 1.66. The summed E-state index contributed by atoms with van der Waals surface area (Å²) in [6, 6.07) is 7.73. The molecule has 1 aromatic carbocycles. The Morgan fingerprint density at radius 2 is 2.14 bits per heavy atom. The van der Waals surface area contributed by atoms with Gasteiger partial charge < -0.3 is 14.0 Å². The Hall–Kier alpha value is -2.47. The van der Waals surface area contributed by atoms with Gasteiger partial charge in [-0.2, -0.15) is 4.98 Å². The molecule has 6 heteroatoms. The number of benzene rings is 1. The molecule has 0 N–H and O–H groups in total. The molecule has 6 nitrogen and oxygen atoms in total. The minimum Gasteiger partial charge on any atom is -0.454 e. The molecule has 1 atom stereocenters. The molecule has 1 aromatic heterocycles. The largest absolute Gasteiger partial charge is 0.454 e. The SMILES string of the molecule is C=CCOC(C)C(=O)OCc1nc(-c2ccc(C)cc2)no1. The molecule has 0 fully saturated rings. The molecule has 0 aliphatic heterocycles. The van der Waals surface area contributed by atoms with Gasteiger partial charge in [-0.3, -0.25) is 0 Å². The van der Waals surface area contributed by atoms with Crippen molar-refractivity contribution in [1.29, 1.82) is 0 Å². The summed E-state index contributed by atoms with van der Waals surface area (Å²) in [5.74, 6) is 0.207. The van der Waals surface area contributed by atoms with Crippen LogP contribution in [0.1, 0.15) is 18.4 Å². The fourth-order valence-corrected chi connectivity index (χ4v) is 1.66. The van der Waals surface area contributed by atoms with Gasteiger partial charge in [-0.05, 0) is 13.8 Å². The standard InChI is InChI=1S/C16H18N2O4/c1-4-9-20-12(3)16(19)21-10-14-17-15(18-22-14)13-7-5-11(2)6-8-13/h4-8,12H,1,9-10H2,2-3H3. The van der Waals surface area contributed by atoms with E-state index in [4.69, 9.17) is 14.0 Å². The number of aromatic nitrogens is 2. The van der Waals surface area contributed by atoms with E-state index < -0.39 is 12.1 Å². The van der Waals surface area contributed by atoms with E-state index >= 15 is 0 Å². The highest BCUT2D eigenvalue weighted by molar-refractivity contribution is 5.74. The minimum absolute atomic E-state index is 0.0838. The first-order chi connectivity index (χ1) is 10.6. The van der Waals surface area contributed by atoms with Crippen molar-refractivity contribution in [1.82, 2.24) is 10.1 Å². The Balaban J connectivity index is 1.91. The van der Waals surface area contributed by atoms with Crippen LogP contribution in [-0.2, 0) is 20.9 Å². The van der Waals surface area contributed by atoms with E-state index in [0.717, 1.165) is 11.1 Å². The summed E-state index contributed by atoms with van der Waals surface area (Å²) < 4.78 is 15.3. The third kappa shape index (κ3) is 4.26. The van der Waals surface area contributed by atoms with Crippen LogP contribution in [-0.4, -0.2) is 28.8 Å². The number of rotatable bonds is 7. The highest BCUT2D eigenvalue weighted by atomic mass is 16.6. The van der Waals surface area contributed by atoms with Crippen molar-refractivity contribution in [2.24, 2.45) is 0 Å². The van der Waals surface area contributed by atoms with E-state index in [-0.39, 0.29) is 19.1 Å². The first-order valence-electron chi connectivity index (χ1n) is 6.89. The number of ether oxygens (including phenoxy) is 2. The van der Waals surface area contributed by atoms with Crippen LogP contribution in [0, 0.1) is 6.92 Å². The normalized spacial score (nSPS) is 11.9. The summed E-state index contributed by atoms with van der Waals surface area (Å²) in [6.07, 6.45) is 0.896. The zero-order chi connectivity index (χ0) is 15.9. The molecule has 1 heterocycles. The summed E-state index contributed by atoms with van der Waals surface area (Å²) in [4.78, 5) is 15.9. The van der Waals surface area contributed by atoms with Crippen molar-refractivity contribution in [3.05, 3.63) is 48.4 Å². The molecule has 116 valence electrons. The number of carbonyl (C=O) groups is 1. The fraction of sp³-hybridized carbons (Fsp3) is 0.312. The second kappa shape index (κ2) is 7.51. The summed E-state index contributed by atoms with van der Waals surface area (Å²) in [5.41, 5.74) is 1.99. The average molecular weight is 302 g/mol. The first kappa shape index (κ1) is 15.9. The summed E-state index contributed by atoms with van der Waals surface area (Å²) in [5, 5.41) is 3.87. The quantitative estimate of drug-likeness (QED) is 0.578. The molecule has 2 rings (SSSR count). The highest BCUT2D eigenvalue weighted by Gasteiger charge is 2.16. The Bertz CT molecular complexity index is 634. The maximum Gasteiger partial charge on any atom is 0.335 e. The number of aryl methyl sites for hydroxylation is 1. The molecule has 0 aliphatic rings. The molecular formula is C16H18N2O4. The van der Waals surface area contributed by atoms with Crippen LogP contribution >= 0.6 is 0 Å². The third-order valence-corrected chi connectivity index (χ3v) is 2.91. The second-order valence-corrected chi connectivity index (χ2v) is 4.75. The van der Waals surface area contributed by atoms with Gasteiger partial charge in [-0.1, -0.05) is 41.1 Å². The number of hydrogen-bond donors (Lipinski definition) is 0. The topological polar surface area (TPSA) is 74.5 Å². The van der Waals surface area contributed by atoms with Crippen molar-refractivity contribution < 1.29 is 18.8 Å². The van der Waals surface area contributed by atoms with E-state index in [1.165, 1.54) is 0 Å². The Kier molecular flexibility index (Phi) is 5.43. The summed E-state index contributed by atoms with van der Waals surface area (Å²) in [6.45, 7) is 7.32. The highest BCUT2D eigenvalue weighted by Crippen LogP contribution is 2.16. The molecule has 0 radical (unpaired) electrons. The van der Waals surface area contributed by atoms with Gasteiger partial charge in [0, 0.05) is 5.56 Å². The summed E-state index contributed by atoms with van der Waals surface area (Å²) >= 11 is 0. The van der Waals surface area contributed by atoms with Crippen LogP contribution in [0.4, 0.5) is 0 Å². The van der Waals surface area contributed by atoms with Crippen molar-refractivity contribution in [2.45, 2.75) is 26.6 Å². The predicted octanol–water partition coefficient (Wildman–Crippen LogP) is 2.68. The molecule has 0 aliphatic carbocycles. The van der Waals surface area contributed by atoms with Crippen molar-refractivity contribution >= 4 is 5.97 Å². The summed E-state index contributed by atoms with van der Waals surface area (Å²) in [7, 11) is 0. The number of carbonyl (C=O) groups excluding carboxylic acids is 1. The van der Waals surface area contributed by atoms with Gasteiger partial charge >= 0.3 is 5.97 Å². The van der Waals surface area contributed by atoms with E-state index in [1.54, 1.807) is 13.0 Å². The van der Waals surface area contributed by atoms with Crippen molar-refractivity contribution in [2.75, 3.05) is 6.61 Å². The van der Waals surface area contributed by atoms with E-state index in [0.29, 0.717) is 5.82 Å². The molecule has 0 bridgehead atoms. The third-order valence-electron chi connectivity index (χ3n) is 2.91. The average Bonchev–Trinajstić information content (AvgIpc) is 2.99. The lowest BCUT2D eigenvalue weighted by Gasteiger charge is -2.09. The maximum atomic E-state index is 11.7. The first-order valence-corrected chi connectivity index (χ1v) is 6.89. The van der Waals surface area contributed by atoms with E-state index in [9.17, 15) is 4.79 Å². The smallest absolute Gasteiger partial charge is 0.335 e. The second-order valence-electron chi connectivity index (χ2n) is 4.75. The molecule has 0 saturated heterocycles. The van der Waals surface area contributed by atoms with E-state index in [1.807, 2.05) is 31.2 Å². The van der Waals surface area contributed by atoms with Gasteiger partial charge in [0.05, 0.1) is 6.61 Å². The minimum atomic E-state index is -0.669. The lowest BCUT2D eigenvalue weighted by atomic mass is 10.1. The number of nitrogens with zero attached hydrogens (tertiary/aromatic N) is 2. The van der Waals surface area contributed by atoms with Crippen LogP contribution in [0.25, 0.3) is 11.4 Å². The van der Waals surface area contributed by atoms with Crippen LogP contribution < -0.4 is 0 Å². The van der Waals surface area contributed by atoms with Gasteiger partial charge in [0.2, 0.25) is 5.82 Å². The monoisotopic (exact) mass is 302 g/mol. The van der Waals surface area contributed by atoms with E-state index in [2.05, 4.69) is 16.7 Å². The van der Waals surface area contributed by atoms with Gasteiger partial charge in [0.1, 0.15) is 0 Å². The number of esters is 1. The van der Waals surface area contributed by atoms with Gasteiger partial charge in [0.25, 0.3) is 5.89 Å². The molecule has 2 aromatic rings. The van der Waals surface area contributed by atoms with Crippen molar-refractivity contribution in [3.8, 4) is 11.4 Å². The lowest BCUT2D eigenvalue weighted by Crippen LogP contribution is -2.23. The maximum absolute atomic E-state index is 11.7. The van der Waals surface area contributed by atoms with Gasteiger partial charge in [0.15, 0.2) is 12.7 Å². The van der Waals surface area contributed by atoms with Crippen LogP contribution in [0.2, 0.25) is 0 Å². The molecule has 1 unspecified atom stereocenters. The van der Waals surface area contributed by atoms with Crippen LogP contribution in [0.3, 0.4) is 0 Å². The number of hydrogen-bond acceptors (Lipinski definition) is 6.